The van der Waals surface area contributed by atoms with Crippen LogP contribution in [0, 0.1) is 5.92 Å². The number of carbonyl (C=O) groups is 2. The van der Waals surface area contributed by atoms with E-state index in [0.717, 1.165) is 0 Å². The van der Waals surface area contributed by atoms with Crippen molar-refractivity contribution in [3.63, 3.8) is 0 Å². The summed E-state index contributed by atoms with van der Waals surface area (Å²) in [6.45, 7) is 3.87. The second-order valence-corrected chi connectivity index (χ2v) is 4.11. The van der Waals surface area contributed by atoms with E-state index < -0.39 is 0 Å². The molecule has 98 valence electrons. The Balaban J connectivity index is 2.60. The van der Waals surface area contributed by atoms with Gasteiger partial charge in [-0.25, -0.2) is 0 Å². The van der Waals surface area contributed by atoms with Crippen molar-refractivity contribution in [2.45, 2.75) is 20.3 Å². The third-order valence-electron chi connectivity index (χ3n) is 2.56. The first-order valence-corrected chi connectivity index (χ1v) is 5.97. The van der Waals surface area contributed by atoms with Crippen LogP contribution < -0.4 is 16.4 Å². The summed E-state index contributed by atoms with van der Waals surface area (Å²) >= 11 is 0. The third kappa shape index (κ3) is 4.18. The van der Waals surface area contributed by atoms with Crippen molar-refractivity contribution < 1.29 is 9.59 Å². The molecule has 0 aliphatic carbocycles. The van der Waals surface area contributed by atoms with Crippen LogP contribution in [-0.2, 0) is 9.59 Å². The molecule has 0 saturated heterocycles. The minimum atomic E-state index is -0.218. The van der Waals surface area contributed by atoms with E-state index in [4.69, 9.17) is 5.73 Å². The van der Waals surface area contributed by atoms with Crippen molar-refractivity contribution in [3.05, 3.63) is 24.3 Å². The highest BCUT2D eigenvalue weighted by Gasteiger charge is 2.10. The Morgan fingerprint density at radius 3 is 2.11 bits per heavy atom. The molecule has 0 fully saturated rings. The Labute approximate surface area is 107 Å². The number of nitrogens with two attached hydrogens (primary N) is 1. The first-order chi connectivity index (χ1) is 8.56. The Morgan fingerprint density at radius 2 is 1.67 bits per heavy atom. The zero-order valence-electron chi connectivity index (χ0n) is 10.7. The summed E-state index contributed by atoms with van der Waals surface area (Å²) in [4.78, 5) is 22.8. The summed E-state index contributed by atoms with van der Waals surface area (Å²) in [5.74, 6) is -0.365. The number of benzene rings is 1. The Hall–Kier alpha value is -1.88. The highest BCUT2D eigenvalue weighted by Crippen LogP contribution is 2.14. The van der Waals surface area contributed by atoms with Crippen LogP contribution >= 0.6 is 0 Å². The monoisotopic (exact) mass is 249 g/mol. The van der Waals surface area contributed by atoms with Gasteiger partial charge in [0.2, 0.25) is 11.8 Å². The van der Waals surface area contributed by atoms with Crippen LogP contribution in [-0.4, -0.2) is 18.4 Å². The average Bonchev–Trinajstić information content (AvgIpc) is 2.39. The lowest BCUT2D eigenvalue weighted by Gasteiger charge is -2.10. The summed E-state index contributed by atoms with van der Waals surface area (Å²) in [5, 5.41) is 5.49. The van der Waals surface area contributed by atoms with Crippen LogP contribution in [0.5, 0.6) is 0 Å². The van der Waals surface area contributed by atoms with E-state index in [1.807, 2.05) is 0 Å². The summed E-state index contributed by atoms with van der Waals surface area (Å²) in [6.07, 6.45) is 0.437. The maximum Gasteiger partial charge on any atom is 0.228 e. The lowest BCUT2D eigenvalue weighted by Crippen LogP contribution is -2.26. The number of amides is 2. The fraction of sp³-hybridized carbons (Fsp3) is 0.385. The minimum Gasteiger partial charge on any atom is -0.330 e. The van der Waals surface area contributed by atoms with Crippen molar-refractivity contribution in [1.82, 2.24) is 0 Å². The number of hydrogen-bond donors (Lipinski definition) is 3. The topological polar surface area (TPSA) is 84.2 Å². The zero-order chi connectivity index (χ0) is 13.5. The molecule has 4 N–H and O–H groups in total. The fourth-order valence-corrected chi connectivity index (χ4v) is 1.26. The Bertz CT molecular complexity index is 415. The fourth-order valence-electron chi connectivity index (χ4n) is 1.26. The van der Waals surface area contributed by atoms with Crippen LogP contribution in [0.2, 0.25) is 0 Å². The summed E-state index contributed by atoms with van der Waals surface area (Å²) in [7, 11) is 0. The van der Waals surface area contributed by atoms with E-state index >= 15 is 0 Å². The molecule has 0 bridgehead atoms. The van der Waals surface area contributed by atoms with Gasteiger partial charge in [0, 0.05) is 30.3 Å². The molecule has 1 unspecified atom stereocenters. The van der Waals surface area contributed by atoms with Gasteiger partial charge in [-0.3, -0.25) is 9.59 Å². The highest BCUT2D eigenvalue weighted by molar-refractivity contribution is 5.93. The first-order valence-electron chi connectivity index (χ1n) is 5.97. The van der Waals surface area contributed by atoms with Crippen LogP contribution in [0.1, 0.15) is 20.3 Å². The predicted octanol–water partition coefficient (Wildman–Crippen LogP) is 1.57. The maximum absolute atomic E-state index is 11.6. The Kier molecular flexibility index (Phi) is 5.32. The summed E-state index contributed by atoms with van der Waals surface area (Å²) in [6, 6.07) is 6.98. The summed E-state index contributed by atoms with van der Waals surface area (Å²) in [5.41, 5.74) is 6.82. The van der Waals surface area contributed by atoms with Crippen LogP contribution in [0.3, 0.4) is 0 Å². The largest absolute Gasteiger partial charge is 0.330 e. The molecule has 1 atom stereocenters. The quantitative estimate of drug-likeness (QED) is 0.740. The molecular formula is C13H19N3O2. The van der Waals surface area contributed by atoms with Crippen molar-refractivity contribution in [3.8, 4) is 0 Å². The second-order valence-electron chi connectivity index (χ2n) is 4.11. The molecule has 1 rings (SSSR count). The van der Waals surface area contributed by atoms with Gasteiger partial charge in [0.25, 0.3) is 0 Å². The zero-order valence-corrected chi connectivity index (χ0v) is 10.7. The van der Waals surface area contributed by atoms with Crippen molar-refractivity contribution in [1.29, 1.82) is 0 Å². The number of hydrogen-bond acceptors (Lipinski definition) is 3. The van der Waals surface area contributed by atoms with Crippen molar-refractivity contribution in [2.75, 3.05) is 17.2 Å². The van der Waals surface area contributed by atoms with E-state index in [2.05, 4.69) is 10.6 Å². The van der Waals surface area contributed by atoms with E-state index in [-0.39, 0.29) is 17.7 Å². The SMILES string of the molecule is CCC(=O)Nc1ccc(NC(=O)C(C)CN)cc1. The molecule has 0 aliphatic heterocycles. The van der Waals surface area contributed by atoms with Gasteiger partial charge >= 0.3 is 0 Å². The van der Waals surface area contributed by atoms with Crippen LogP contribution in [0.4, 0.5) is 11.4 Å². The Morgan fingerprint density at radius 1 is 1.17 bits per heavy atom. The number of carbonyl (C=O) groups excluding carboxylic acids is 2. The van der Waals surface area contributed by atoms with Crippen molar-refractivity contribution in [2.24, 2.45) is 11.7 Å². The molecule has 0 aliphatic rings. The van der Waals surface area contributed by atoms with Gasteiger partial charge in [-0.2, -0.15) is 0 Å². The van der Waals surface area contributed by atoms with Gasteiger partial charge in [0.05, 0.1) is 0 Å². The van der Waals surface area contributed by atoms with Gasteiger partial charge in [-0.15, -0.1) is 0 Å². The molecule has 0 heterocycles. The van der Waals surface area contributed by atoms with E-state index in [1.54, 1.807) is 38.1 Å². The van der Waals surface area contributed by atoms with Gasteiger partial charge in [-0.05, 0) is 24.3 Å². The second kappa shape index (κ2) is 6.76. The van der Waals surface area contributed by atoms with Crippen LogP contribution in [0.25, 0.3) is 0 Å². The van der Waals surface area contributed by atoms with Gasteiger partial charge in [0.15, 0.2) is 0 Å². The molecule has 0 aromatic heterocycles. The predicted molar refractivity (Wildman–Crippen MR) is 72.2 cm³/mol. The van der Waals surface area contributed by atoms with E-state index in [1.165, 1.54) is 0 Å². The number of rotatable bonds is 5. The molecule has 0 saturated carbocycles. The molecule has 5 nitrogen and oxygen atoms in total. The standard InChI is InChI=1S/C13H19N3O2/c1-3-12(17)15-10-4-6-11(7-5-10)16-13(18)9(2)8-14/h4-7,9H,3,8,14H2,1-2H3,(H,15,17)(H,16,18). The van der Waals surface area contributed by atoms with E-state index in [9.17, 15) is 9.59 Å². The van der Waals surface area contributed by atoms with Gasteiger partial charge in [-0.1, -0.05) is 13.8 Å². The normalized spacial score (nSPS) is 11.7. The number of anilines is 2. The van der Waals surface area contributed by atoms with Gasteiger partial charge < -0.3 is 16.4 Å². The smallest absolute Gasteiger partial charge is 0.228 e. The molecule has 0 spiro atoms. The summed E-state index contributed by atoms with van der Waals surface area (Å²) < 4.78 is 0. The molecule has 1 aromatic carbocycles. The first kappa shape index (κ1) is 14.2. The number of nitrogens with one attached hydrogen (secondary N) is 2. The minimum absolute atomic E-state index is 0.0384. The molecular weight excluding hydrogens is 230 g/mol. The highest BCUT2D eigenvalue weighted by atomic mass is 16.2. The lowest BCUT2D eigenvalue weighted by molar-refractivity contribution is -0.119. The third-order valence-corrected chi connectivity index (χ3v) is 2.56. The molecule has 2 amide bonds. The lowest BCUT2D eigenvalue weighted by atomic mass is 10.1. The molecule has 0 radical (unpaired) electrons. The molecule has 1 aromatic rings. The maximum atomic E-state index is 11.6. The van der Waals surface area contributed by atoms with E-state index in [0.29, 0.717) is 24.3 Å². The van der Waals surface area contributed by atoms with Crippen LogP contribution in [0.15, 0.2) is 24.3 Å². The molecule has 5 heteroatoms. The average molecular weight is 249 g/mol. The van der Waals surface area contributed by atoms with Gasteiger partial charge in [0.1, 0.15) is 0 Å². The molecule has 18 heavy (non-hydrogen) atoms. The van der Waals surface area contributed by atoms with Crippen molar-refractivity contribution >= 4 is 23.2 Å².